The van der Waals surface area contributed by atoms with Crippen molar-refractivity contribution in [2.45, 2.75) is 16.7 Å². The van der Waals surface area contributed by atoms with Gasteiger partial charge in [-0.25, -0.2) is 8.75 Å². The molecule has 5 nitrogen and oxygen atoms in total. The van der Waals surface area contributed by atoms with Crippen molar-refractivity contribution in [3.05, 3.63) is 24.3 Å². The van der Waals surface area contributed by atoms with Crippen LogP contribution in [-0.2, 0) is 23.4 Å². The molecule has 0 unspecified atom stereocenters. The summed E-state index contributed by atoms with van der Waals surface area (Å²) in [5.74, 6) is 0.752. The molecule has 0 saturated heterocycles. The average Bonchev–Trinajstić information content (AvgIpc) is 2.30. The van der Waals surface area contributed by atoms with Gasteiger partial charge in [-0.1, -0.05) is 19.1 Å². The van der Waals surface area contributed by atoms with E-state index >= 15 is 0 Å². The first-order chi connectivity index (χ1) is 8.11. The lowest BCUT2D eigenvalue weighted by molar-refractivity contribution is 0.139. The van der Waals surface area contributed by atoms with Gasteiger partial charge in [0.25, 0.3) is 10.1 Å². The van der Waals surface area contributed by atoms with Crippen molar-refractivity contribution in [2.75, 3.05) is 12.5 Å². The molecule has 0 amide bonds. The highest BCUT2D eigenvalue weighted by molar-refractivity contribution is 8.00. The van der Waals surface area contributed by atoms with E-state index in [1.54, 1.807) is 18.2 Å². The van der Waals surface area contributed by atoms with Gasteiger partial charge in [0.15, 0.2) is 6.79 Å². The molecule has 0 fully saturated rings. The first kappa shape index (κ1) is 14.6. The summed E-state index contributed by atoms with van der Waals surface area (Å²) in [6.07, 6.45) is 0. The summed E-state index contributed by atoms with van der Waals surface area (Å²) in [4.78, 5) is 0.715. The molecule has 0 radical (unpaired) electrons. The van der Waals surface area contributed by atoms with Gasteiger partial charge in [-0.2, -0.15) is 8.42 Å². The summed E-state index contributed by atoms with van der Waals surface area (Å²) in [6.45, 7) is 1.35. The molecule has 0 N–H and O–H groups in total. The second-order valence-corrected chi connectivity index (χ2v) is 6.07. The summed E-state index contributed by atoms with van der Waals surface area (Å²) >= 11 is 1.40. The molecular formula is C9H11O5PS2. The standard InChI is InChI=1S/C9H11O5PS2/c1-2-16-8-5-3-4-6-9(8)17(11,12)14-7-13-15-10/h3-6H,2,7H2,1H3. The van der Waals surface area contributed by atoms with Crippen LogP contribution in [0.25, 0.3) is 0 Å². The highest BCUT2D eigenvalue weighted by Crippen LogP contribution is 2.27. The Morgan fingerprint density at radius 1 is 1.35 bits per heavy atom. The molecule has 0 saturated carbocycles. The van der Waals surface area contributed by atoms with Gasteiger partial charge in [0.05, 0.1) is 0 Å². The minimum absolute atomic E-state index is 0.0954. The third-order valence-electron chi connectivity index (χ3n) is 1.73. The first-order valence-electron chi connectivity index (χ1n) is 4.67. The summed E-state index contributed by atoms with van der Waals surface area (Å²) in [6, 6.07) is 6.53. The Morgan fingerprint density at radius 3 is 2.71 bits per heavy atom. The van der Waals surface area contributed by atoms with Crippen LogP contribution in [0.3, 0.4) is 0 Å². The minimum Gasteiger partial charge on any atom is -0.265 e. The molecule has 0 aliphatic rings. The quantitative estimate of drug-likeness (QED) is 0.253. The Balaban J connectivity index is 2.93. The third kappa shape index (κ3) is 4.37. The molecule has 17 heavy (non-hydrogen) atoms. The Hall–Kier alpha value is -0.460. The van der Waals surface area contributed by atoms with E-state index in [-0.39, 0.29) is 4.90 Å². The number of thioether (sulfide) groups is 1. The zero-order valence-electron chi connectivity index (χ0n) is 9.03. The van der Waals surface area contributed by atoms with E-state index in [4.69, 9.17) is 0 Å². The molecule has 0 atom stereocenters. The van der Waals surface area contributed by atoms with Crippen LogP contribution in [-0.4, -0.2) is 21.0 Å². The minimum atomic E-state index is -3.87. The molecule has 0 heterocycles. The molecule has 0 spiro atoms. The highest BCUT2D eigenvalue weighted by atomic mass is 32.2. The maximum absolute atomic E-state index is 11.8. The lowest BCUT2D eigenvalue weighted by Gasteiger charge is -2.08. The van der Waals surface area contributed by atoms with Gasteiger partial charge in [0, 0.05) is 4.90 Å². The average molecular weight is 294 g/mol. The monoisotopic (exact) mass is 294 g/mol. The third-order valence-corrected chi connectivity index (χ3v) is 4.32. The van der Waals surface area contributed by atoms with Crippen LogP contribution in [0.4, 0.5) is 0 Å². The number of rotatable bonds is 7. The van der Waals surface area contributed by atoms with E-state index in [1.165, 1.54) is 17.8 Å². The molecule has 0 aromatic heterocycles. The lowest BCUT2D eigenvalue weighted by Crippen LogP contribution is -2.08. The van der Waals surface area contributed by atoms with Crippen LogP contribution in [0.2, 0.25) is 0 Å². The SMILES string of the molecule is CCSc1ccccc1S(=O)(=O)OCOP=O. The largest absolute Gasteiger partial charge is 0.329 e. The fraction of sp³-hybridized carbons (Fsp3) is 0.333. The van der Waals surface area contributed by atoms with Crippen molar-refractivity contribution in [3.63, 3.8) is 0 Å². The second kappa shape index (κ2) is 7.08. The maximum atomic E-state index is 11.8. The smallest absolute Gasteiger partial charge is 0.265 e. The van der Waals surface area contributed by atoms with Gasteiger partial charge in [0.2, 0.25) is 0 Å². The van der Waals surface area contributed by atoms with Crippen molar-refractivity contribution < 1.29 is 21.7 Å². The Morgan fingerprint density at radius 2 is 2.06 bits per heavy atom. The predicted molar refractivity (Wildman–Crippen MR) is 64.7 cm³/mol. The van der Waals surface area contributed by atoms with E-state index in [0.29, 0.717) is 4.90 Å². The summed E-state index contributed by atoms with van der Waals surface area (Å²) in [5, 5.41) is 0. The van der Waals surface area contributed by atoms with Crippen LogP contribution in [0.15, 0.2) is 34.1 Å². The predicted octanol–water partition coefficient (Wildman–Crippen LogP) is 2.68. The first-order valence-corrected chi connectivity index (χ1v) is 7.80. The zero-order chi connectivity index (χ0) is 12.7. The molecule has 0 aliphatic heterocycles. The molecule has 1 aromatic rings. The Kier molecular flexibility index (Phi) is 6.08. The molecule has 0 bridgehead atoms. The molecule has 0 aliphatic carbocycles. The van der Waals surface area contributed by atoms with Gasteiger partial charge < -0.3 is 0 Å². The summed E-state index contributed by atoms with van der Waals surface area (Å²) in [7, 11) is -4.49. The number of hydrogen-bond acceptors (Lipinski definition) is 6. The number of benzene rings is 1. The van der Waals surface area contributed by atoms with Crippen molar-refractivity contribution in [1.29, 1.82) is 0 Å². The van der Waals surface area contributed by atoms with Crippen molar-refractivity contribution in [2.24, 2.45) is 0 Å². The van der Waals surface area contributed by atoms with Crippen LogP contribution < -0.4 is 0 Å². The number of hydrogen-bond donors (Lipinski definition) is 0. The van der Waals surface area contributed by atoms with Crippen molar-refractivity contribution >= 4 is 30.6 Å². The maximum Gasteiger partial charge on any atom is 0.329 e. The van der Waals surface area contributed by atoms with Gasteiger partial charge >= 0.3 is 8.69 Å². The van der Waals surface area contributed by atoms with Crippen LogP contribution >= 0.6 is 20.4 Å². The summed E-state index contributed by atoms with van der Waals surface area (Å²) in [5.41, 5.74) is 0. The van der Waals surface area contributed by atoms with E-state index < -0.39 is 25.6 Å². The van der Waals surface area contributed by atoms with Gasteiger partial charge in [-0.05, 0) is 17.9 Å². The van der Waals surface area contributed by atoms with Gasteiger partial charge in [0.1, 0.15) is 4.90 Å². The Labute approximate surface area is 106 Å². The van der Waals surface area contributed by atoms with E-state index in [1.807, 2.05) is 6.92 Å². The highest BCUT2D eigenvalue weighted by Gasteiger charge is 2.19. The van der Waals surface area contributed by atoms with Crippen LogP contribution in [0.5, 0.6) is 0 Å². The topological polar surface area (TPSA) is 69.7 Å². The van der Waals surface area contributed by atoms with Crippen molar-refractivity contribution in [1.82, 2.24) is 0 Å². The second-order valence-electron chi connectivity index (χ2n) is 2.77. The molecule has 94 valence electrons. The van der Waals surface area contributed by atoms with Crippen molar-refractivity contribution in [3.8, 4) is 0 Å². The van der Waals surface area contributed by atoms with Crippen LogP contribution in [0, 0.1) is 0 Å². The molecule has 1 rings (SSSR count). The van der Waals surface area contributed by atoms with E-state index in [9.17, 15) is 13.0 Å². The summed E-state index contributed by atoms with van der Waals surface area (Å²) < 4.78 is 42.4. The van der Waals surface area contributed by atoms with Gasteiger partial charge in [-0.3, -0.25) is 4.52 Å². The molecular weight excluding hydrogens is 283 g/mol. The van der Waals surface area contributed by atoms with E-state index in [2.05, 4.69) is 8.71 Å². The molecule has 1 aromatic carbocycles. The fourth-order valence-electron chi connectivity index (χ4n) is 1.10. The fourth-order valence-corrected chi connectivity index (χ4v) is 3.31. The zero-order valence-corrected chi connectivity index (χ0v) is 11.6. The Bertz CT molecular complexity index is 474. The van der Waals surface area contributed by atoms with Gasteiger partial charge in [-0.15, -0.1) is 11.8 Å². The normalized spacial score (nSPS) is 11.8. The van der Waals surface area contributed by atoms with E-state index in [0.717, 1.165) is 5.75 Å². The molecule has 8 heteroatoms. The lowest BCUT2D eigenvalue weighted by atomic mass is 10.4. The van der Waals surface area contributed by atoms with Crippen LogP contribution in [0.1, 0.15) is 6.92 Å².